The molecular formula is C9H13IO. The van der Waals surface area contributed by atoms with Gasteiger partial charge in [-0.1, -0.05) is 11.8 Å². The highest BCUT2D eigenvalue weighted by Crippen LogP contribution is 2.12. The Morgan fingerprint density at radius 1 is 1.55 bits per heavy atom. The highest BCUT2D eigenvalue weighted by atomic mass is 127. The lowest BCUT2D eigenvalue weighted by Gasteiger charge is -2.06. The second-order valence-electron chi connectivity index (χ2n) is 3.23. The Morgan fingerprint density at radius 3 is 2.45 bits per heavy atom. The van der Waals surface area contributed by atoms with Gasteiger partial charge in [-0.2, -0.15) is 0 Å². The topological polar surface area (TPSA) is 20.2 Å². The molecule has 0 atom stereocenters. The Hall–Kier alpha value is -0.0100. The van der Waals surface area contributed by atoms with Crippen molar-refractivity contribution in [3.8, 4) is 11.8 Å². The van der Waals surface area contributed by atoms with Crippen LogP contribution >= 0.6 is 22.6 Å². The van der Waals surface area contributed by atoms with Crippen LogP contribution in [0.15, 0.2) is 9.66 Å². The predicted molar refractivity (Wildman–Crippen MR) is 56.4 cm³/mol. The van der Waals surface area contributed by atoms with Gasteiger partial charge >= 0.3 is 0 Å². The molecule has 2 heteroatoms. The van der Waals surface area contributed by atoms with E-state index in [0.717, 1.165) is 3.58 Å². The van der Waals surface area contributed by atoms with Crippen LogP contribution in [0, 0.1) is 17.3 Å². The van der Waals surface area contributed by atoms with Gasteiger partial charge in [0.05, 0.1) is 10.2 Å². The molecule has 0 aliphatic heterocycles. The number of hydrogen-bond acceptors (Lipinski definition) is 1. The lowest BCUT2D eigenvalue weighted by Crippen LogP contribution is -1.99. The highest BCUT2D eigenvalue weighted by Gasteiger charge is 2.02. The van der Waals surface area contributed by atoms with Crippen LogP contribution in [0.5, 0.6) is 0 Å². The van der Waals surface area contributed by atoms with E-state index in [1.807, 2.05) is 0 Å². The lowest BCUT2D eigenvalue weighted by molar-refractivity contribution is 0.342. The summed E-state index contributed by atoms with van der Waals surface area (Å²) in [4.78, 5) is 0. The van der Waals surface area contributed by atoms with Crippen molar-refractivity contribution >= 4 is 22.6 Å². The quantitative estimate of drug-likeness (QED) is 0.569. The van der Waals surface area contributed by atoms with E-state index in [2.05, 4.69) is 55.2 Å². The molecule has 11 heavy (non-hydrogen) atoms. The number of halogens is 1. The second-order valence-corrected chi connectivity index (χ2v) is 4.40. The Kier molecular flexibility index (Phi) is 4.78. The minimum atomic E-state index is 0.0414. The fourth-order valence-corrected chi connectivity index (χ4v) is 0.710. The van der Waals surface area contributed by atoms with Crippen molar-refractivity contribution in [1.29, 1.82) is 0 Å². The summed E-state index contributed by atoms with van der Waals surface area (Å²) in [6.45, 7) is 6.24. The number of aliphatic hydroxyl groups excluding tert-OH is 1. The minimum Gasteiger partial charge on any atom is -0.392 e. The Bertz CT molecular complexity index is 200. The fourth-order valence-electron chi connectivity index (χ4n) is 0.378. The van der Waals surface area contributed by atoms with E-state index in [4.69, 9.17) is 5.11 Å². The molecule has 0 aliphatic carbocycles. The molecule has 0 saturated heterocycles. The molecule has 0 spiro atoms. The monoisotopic (exact) mass is 264 g/mol. The summed E-state index contributed by atoms with van der Waals surface area (Å²) < 4.78 is 0.903. The average molecular weight is 264 g/mol. The molecule has 0 bridgehead atoms. The highest BCUT2D eigenvalue weighted by molar-refractivity contribution is 14.1. The van der Waals surface area contributed by atoms with Gasteiger partial charge in [0, 0.05) is 5.41 Å². The molecule has 0 amide bonds. The predicted octanol–water partition coefficient (Wildman–Crippen LogP) is 2.35. The maximum atomic E-state index is 8.52. The van der Waals surface area contributed by atoms with Crippen LogP contribution in [0.25, 0.3) is 0 Å². The van der Waals surface area contributed by atoms with Gasteiger partial charge < -0.3 is 5.11 Å². The number of aliphatic hydroxyl groups is 1. The van der Waals surface area contributed by atoms with Crippen LogP contribution in [0.2, 0.25) is 0 Å². The Morgan fingerprint density at radius 2 is 2.09 bits per heavy atom. The molecule has 0 aromatic heterocycles. The van der Waals surface area contributed by atoms with E-state index >= 15 is 0 Å². The molecule has 0 heterocycles. The van der Waals surface area contributed by atoms with Gasteiger partial charge in [0.1, 0.15) is 0 Å². The van der Waals surface area contributed by atoms with Gasteiger partial charge in [0.25, 0.3) is 0 Å². The maximum Gasteiger partial charge on any atom is 0.0631 e. The van der Waals surface area contributed by atoms with Crippen LogP contribution in [0.4, 0.5) is 0 Å². The van der Waals surface area contributed by atoms with E-state index in [9.17, 15) is 0 Å². The van der Waals surface area contributed by atoms with E-state index in [1.165, 1.54) is 0 Å². The minimum absolute atomic E-state index is 0.0414. The number of hydrogen-bond donors (Lipinski definition) is 1. The Balaban J connectivity index is 4.19. The number of allylic oxidation sites excluding steroid dienone is 1. The van der Waals surface area contributed by atoms with Crippen molar-refractivity contribution in [2.45, 2.75) is 20.8 Å². The van der Waals surface area contributed by atoms with Crippen LogP contribution < -0.4 is 0 Å². The van der Waals surface area contributed by atoms with Gasteiger partial charge in [0.2, 0.25) is 0 Å². The second kappa shape index (κ2) is 4.78. The molecule has 0 aromatic carbocycles. The van der Waals surface area contributed by atoms with E-state index in [0.29, 0.717) is 0 Å². The Labute approximate surface area is 82.0 Å². The first-order chi connectivity index (χ1) is 4.95. The van der Waals surface area contributed by atoms with E-state index in [-0.39, 0.29) is 12.0 Å². The summed E-state index contributed by atoms with van der Waals surface area (Å²) in [6, 6.07) is 0. The molecule has 0 fully saturated rings. The zero-order chi connectivity index (χ0) is 8.91. The van der Waals surface area contributed by atoms with Crippen LogP contribution in [-0.4, -0.2) is 11.7 Å². The van der Waals surface area contributed by atoms with Gasteiger partial charge in [-0.3, -0.25) is 0 Å². The third kappa shape index (κ3) is 7.89. The third-order valence-electron chi connectivity index (χ3n) is 0.827. The summed E-state index contributed by atoms with van der Waals surface area (Å²) in [5.74, 6) is 6.03. The van der Waals surface area contributed by atoms with Crippen LogP contribution in [0.1, 0.15) is 20.8 Å². The molecule has 0 radical (unpaired) electrons. The van der Waals surface area contributed by atoms with Crippen molar-refractivity contribution in [2.24, 2.45) is 5.41 Å². The maximum absolute atomic E-state index is 8.52. The normalized spacial score (nSPS) is 12.3. The lowest BCUT2D eigenvalue weighted by atomic mass is 9.98. The molecule has 0 unspecified atom stereocenters. The molecule has 0 saturated carbocycles. The zero-order valence-electron chi connectivity index (χ0n) is 7.11. The van der Waals surface area contributed by atoms with Crippen molar-refractivity contribution < 1.29 is 5.11 Å². The smallest absolute Gasteiger partial charge is 0.0631 e. The summed E-state index contributed by atoms with van der Waals surface area (Å²) in [6.07, 6.45) is 1.69. The molecule has 0 rings (SSSR count). The van der Waals surface area contributed by atoms with Gasteiger partial charge in [-0.15, -0.1) is 0 Å². The number of rotatable bonds is 1. The fraction of sp³-hybridized carbons (Fsp3) is 0.556. The van der Waals surface area contributed by atoms with Crippen LogP contribution in [0.3, 0.4) is 0 Å². The van der Waals surface area contributed by atoms with E-state index in [1.54, 1.807) is 6.08 Å². The van der Waals surface area contributed by atoms with E-state index < -0.39 is 0 Å². The zero-order valence-corrected chi connectivity index (χ0v) is 9.27. The summed E-state index contributed by atoms with van der Waals surface area (Å²) in [5, 5.41) is 8.52. The molecule has 0 aliphatic rings. The standard InChI is InChI=1S/C9H13IO/c1-9(2,3)6-4-8(10)5-7-11/h5,11H,7H2,1-3H3/b8-5-. The van der Waals surface area contributed by atoms with Crippen molar-refractivity contribution in [3.63, 3.8) is 0 Å². The summed E-state index contributed by atoms with van der Waals surface area (Å²) >= 11 is 2.11. The first-order valence-electron chi connectivity index (χ1n) is 3.45. The van der Waals surface area contributed by atoms with Crippen molar-refractivity contribution in [3.05, 3.63) is 9.66 Å². The molecule has 1 nitrogen and oxygen atoms in total. The molecule has 1 N–H and O–H groups in total. The van der Waals surface area contributed by atoms with Gasteiger partial charge in [-0.05, 0) is 49.4 Å². The molecular weight excluding hydrogens is 251 g/mol. The molecule has 62 valence electrons. The summed E-state index contributed by atoms with van der Waals surface area (Å²) in [7, 11) is 0. The van der Waals surface area contributed by atoms with Crippen molar-refractivity contribution in [1.82, 2.24) is 0 Å². The summed E-state index contributed by atoms with van der Waals surface area (Å²) in [5.41, 5.74) is 0.0414. The van der Waals surface area contributed by atoms with Crippen LogP contribution in [-0.2, 0) is 0 Å². The van der Waals surface area contributed by atoms with Gasteiger partial charge in [-0.25, -0.2) is 0 Å². The first-order valence-corrected chi connectivity index (χ1v) is 4.53. The van der Waals surface area contributed by atoms with Crippen molar-refractivity contribution in [2.75, 3.05) is 6.61 Å². The van der Waals surface area contributed by atoms with Gasteiger partial charge in [0.15, 0.2) is 0 Å². The first kappa shape index (κ1) is 11.0. The average Bonchev–Trinajstić information content (AvgIpc) is 1.83. The molecule has 0 aromatic rings. The largest absolute Gasteiger partial charge is 0.392 e. The third-order valence-corrected chi connectivity index (χ3v) is 1.54. The SMILES string of the molecule is CC(C)(C)C#C/C(I)=C/CO.